The summed E-state index contributed by atoms with van der Waals surface area (Å²) in [7, 11) is 0. The molecule has 0 aliphatic carbocycles. The molecule has 1 aromatic heterocycles. The van der Waals surface area contributed by atoms with Crippen LogP contribution in [0.1, 0.15) is 31.2 Å². The average molecular weight is 427 g/mol. The number of piperidine rings is 1. The summed E-state index contributed by atoms with van der Waals surface area (Å²) >= 11 is 6.00. The Morgan fingerprint density at radius 2 is 1.83 bits per heavy atom. The second-order valence-electron chi connectivity index (χ2n) is 8.46. The molecule has 2 fully saturated rings. The zero-order chi connectivity index (χ0) is 20.8. The summed E-state index contributed by atoms with van der Waals surface area (Å²) in [6, 6.07) is 14.1. The van der Waals surface area contributed by atoms with E-state index >= 15 is 0 Å². The van der Waals surface area contributed by atoms with E-state index < -0.39 is 0 Å². The number of hydrogen-bond acceptors (Lipinski definition) is 4. The van der Waals surface area contributed by atoms with E-state index in [9.17, 15) is 4.79 Å². The molecular formula is C24H31ClN4O. The van der Waals surface area contributed by atoms with Gasteiger partial charge < -0.3 is 9.80 Å². The molecule has 2 aliphatic rings. The number of rotatable bonds is 6. The van der Waals surface area contributed by atoms with Gasteiger partial charge in [-0.3, -0.25) is 9.69 Å². The summed E-state index contributed by atoms with van der Waals surface area (Å²) in [4.78, 5) is 24.0. The molecule has 1 aromatic carbocycles. The highest BCUT2D eigenvalue weighted by molar-refractivity contribution is 6.30. The molecule has 4 rings (SSSR count). The molecule has 0 bridgehead atoms. The zero-order valence-electron chi connectivity index (χ0n) is 17.5. The molecule has 1 atom stereocenters. The van der Waals surface area contributed by atoms with Crippen molar-refractivity contribution in [1.82, 2.24) is 14.8 Å². The quantitative estimate of drug-likeness (QED) is 0.697. The van der Waals surface area contributed by atoms with Crippen LogP contribution in [-0.2, 0) is 11.3 Å². The molecule has 30 heavy (non-hydrogen) atoms. The summed E-state index contributed by atoms with van der Waals surface area (Å²) in [5.41, 5.74) is 1.31. The summed E-state index contributed by atoms with van der Waals surface area (Å²) in [6.07, 6.45) is 5.94. The van der Waals surface area contributed by atoms with Crippen molar-refractivity contribution in [3.05, 3.63) is 59.2 Å². The van der Waals surface area contributed by atoms with Gasteiger partial charge in [0.25, 0.3) is 0 Å². The predicted octanol–water partition coefficient (Wildman–Crippen LogP) is 4.08. The van der Waals surface area contributed by atoms with Crippen LogP contribution >= 0.6 is 11.6 Å². The molecule has 0 spiro atoms. The van der Waals surface area contributed by atoms with Crippen molar-refractivity contribution in [3.8, 4) is 0 Å². The van der Waals surface area contributed by atoms with Gasteiger partial charge in [-0.15, -0.1) is 0 Å². The van der Waals surface area contributed by atoms with Crippen LogP contribution in [0.5, 0.6) is 0 Å². The summed E-state index contributed by atoms with van der Waals surface area (Å²) < 4.78 is 0. The summed E-state index contributed by atoms with van der Waals surface area (Å²) in [6.45, 7) is 6.51. The van der Waals surface area contributed by atoms with Crippen LogP contribution in [0.2, 0.25) is 5.02 Å². The first kappa shape index (κ1) is 21.1. The van der Waals surface area contributed by atoms with E-state index in [1.807, 2.05) is 41.4 Å². The maximum Gasteiger partial charge on any atom is 0.222 e. The fourth-order valence-electron chi connectivity index (χ4n) is 4.59. The van der Waals surface area contributed by atoms with Crippen LogP contribution in [-0.4, -0.2) is 60.0 Å². The van der Waals surface area contributed by atoms with Gasteiger partial charge in [0, 0.05) is 56.9 Å². The highest BCUT2D eigenvalue weighted by Crippen LogP contribution is 2.23. The highest BCUT2D eigenvalue weighted by Gasteiger charge is 2.24. The third-order valence-electron chi connectivity index (χ3n) is 6.29. The molecule has 0 radical (unpaired) electrons. The van der Waals surface area contributed by atoms with E-state index in [0.717, 1.165) is 63.1 Å². The van der Waals surface area contributed by atoms with Gasteiger partial charge in [-0.2, -0.15) is 0 Å². The van der Waals surface area contributed by atoms with Gasteiger partial charge in [0.2, 0.25) is 5.91 Å². The number of anilines is 1. The number of nitrogens with zero attached hydrogens (tertiary/aromatic N) is 4. The van der Waals surface area contributed by atoms with Crippen molar-refractivity contribution < 1.29 is 4.79 Å². The van der Waals surface area contributed by atoms with Gasteiger partial charge >= 0.3 is 0 Å². The van der Waals surface area contributed by atoms with Crippen LogP contribution in [0.4, 0.5) is 5.82 Å². The third-order valence-corrected chi connectivity index (χ3v) is 6.55. The lowest BCUT2D eigenvalue weighted by Crippen LogP contribution is -2.49. The molecule has 160 valence electrons. The highest BCUT2D eigenvalue weighted by atomic mass is 35.5. The van der Waals surface area contributed by atoms with Crippen LogP contribution in [0, 0.1) is 5.92 Å². The molecule has 2 saturated heterocycles. The number of carbonyl (C=O) groups excluding carboxylic acids is 1. The van der Waals surface area contributed by atoms with Crippen LogP contribution in [0.15, 0.2) is 48.7 Å². The summed E-state index contributed by atoms with van der Waals surface area (Å²) in [5.74, 6) is 1.93. The van der Waals surface area contributed by atoms with Crippen molar-refractivity contribution in [2.45, 2.75) is 32.2 Å². The lowest BCUT2D eigenvalue weighted by atomic mass is 9.92. The zero-order valence-corrected chi connectivity index (χ0v) is 18.3. The fourth-order valence-corrected chi connectivity index (χ4v) is 4.72. The Balaban J connectivity index is 1.20. The van der Waals surface area contributed by atoms with Gasteiger partial charge in [0.05, 0.1) is 0 Å². The Kier molecular flexibility index (Phi) is 7.24. The van der Waals surface area contributed by atoms with Gasteiger partial charge in [0.15, 0.2) is 0 Å². The van der Waals surface area contributed by atoms with Crippen LogP contribution < -0.4 is 4.90 Å². The number of benzene rings is 1. The molecule has 2 aromatic rings. The Morgan fingerprint density at radius 1 is 1.03 bits per heavy atom. The van der Waals surface area contributed by atoms with Crippen molar-refractivity contribution in [1.29, 1.82) is 0 Å². The molecule has 0 saturated carbocycles. The number of hydrogen-bond donors (Lipinski definition) is 0. The first-order valence-electron chi connectivity index (χ1n) is 11.1. The SMILES string of the molecule is O=C(CC[C@@H]1CCCN(Cc2ccc(Cl)cc2)C1)N1CCN(c2ccccn2)CC1. The molecule has 0 N–H and O–H groups in total. The number of likely N-dealkylation sites (tertiary alicyclic amines) is 1. The Hall–Kier alpha value is -2.11. The van der Waals surface area contributed by atoms with Crippen LogP contribution in [0.3, 0.4) is 0 Å². The van der Waals surface area contributed by atoms with E-state index in [-0.39, 0.29) is 0 Å². The summed E-state index contributed by atoms with van der Waals surface area (Å²) in [5, 5.41) is 0.787. The second kappa shape index (κ2) is 10.3. The number of amides is 1. The van der Waals surface area contributed by atoms with Gasteiger partial charge in [-0.05, 0) is 61.6 Å². The molecule has 1 amide bonds. The Morgan fingerprint density at radius 3 is 2.57 bits per heavy atom. The van der Waals surface area contributed by atoms with Gasteiger partial charge in [-0.25, -0.2) is 4.98 Å². The standard InChI is InChI=1S/C24H31ClN4O/c25-22-9-6-21(7-10-22)19-27-13-3-4-20(18-27)8-11-24(30)29-16-14-28(15-17-29)23-5-1-2-12-26-23/h1-2,5-7,9-10,12,20H,3-4,8,11,13-19H2/t20-/m0/s1. The monoisotopic (exact) mass is 426 g/mol. The van der Waals surface area contributed by atoms with E-state index in [4.69, 9.17) is 11.6 Å². The number of aromatic nitrogens is 1. The Labute approximate surface area is 184 Å². The number of carbonyl (C=O) groups is 1. The van der Waals surface area contributed by atoms with E-state index in [1.165, 1.54) is 18.4 Å². The van der Waals surface area contributed by atoms with E-state index in [0.29, 0.717) is 18.2 Å². The largest absolute Gasteiger partial charge is 0.353 e. The van der Waals surface area contributed by atoms with E-state index in [1.54, 1.807) is 0 Å². The second-order valence-corrected chi connectivity index (χ2v) is 8.90. The fraction of sp³-hybridized carbons (Fsp3) is 0.500. The van der Waals surface area contributed by atoms with Crippen LogP contribution in [0.25, 0.3) is 0 Å². The molecule has 0 unspecified atom stereocenters. The topological polar surface area (TPSA) is 39.7 Å². The van der Waals surface area contributed by atoms with Gasteiger partial charge in [-0.1, -0.05) is 29.8 Å². The maximum atomic E-state index is 12.8. The molecular weight excluding hydrogens is 396 g/mol. The lowest BCUT2D eigenvalue weighted by molar-refractivity contribution is -0.131. The lowest BCUT2D eigenvalue weighted by Gasteiger charge is -2.36. The smallest absolute Gasteiger partial charge is 0.222 e. The minimum absolute atomic E-state index is 0.311. The molecule has 6 heteroatoms. The first-order valence-corrected chi connectivity index (χ1v) is 11.5. The van der Waals surface area contributed by atoms with Crippen molar-refractivity contribution in [3.63, 3.8) is 0 Å². The molecule has 2 aliphatic heterocycles. The average Bonchev–Trinajstić information content (AvgIpc) is 2.80. The number of pyridine rings is 1. The minimum Gasteiger partial charge on any atom is -0.353 e. The van der Waals surface area contributed by atoms with Crippen molar-refractivity contribution >= 4 is 23.3 Å². The minimum atomic E-state index is 0.311. The third kappa shape index (κ3) is 5.73. The Bertz CT molecular complexity index is 806. The van der Waals surface area contributed by atoms with Crippen molar-refractivity contribution in [2.24, 2.45) is 5.92 Å². The maximum absolute atomic E-state index is 12.8. The predicted molar refractivity (Wildman–Crippen MR) is 122 cm³/mol. The van der Waals surface area contributed by atoms with Gasteiger partial charge in [0.1, 0.15) is 5.82 Å². The van der Waals surface area contributed by atoms with E-state index in [2.05, 4.69) is 26.9 Å². The molecule has 3 heterocycles. The number of halogens is 1. The number of piperazine rings is 1. The normalized spacial score (nSPS) is 20.4. The first-order chi connectivity index (χ1) is 14.7. The van der Waals surface area contributed by atoms with Crippen molar-refractivity contribution in [2.75, 3.05) is 44.2 Å². The molecule has 5 nitrogen and oxygen atoms in total.